The fourth-order valence-electron chi connectivity index (χ4n) is 1.93. The van der Waals surface area contributed by atoms with E-state index in [1.165, 1.54) is 4.31 Å². The van der Waals surface area contributed by atoms with Gasteiger partial charge in [0, 0.05) is 30.9 Å². The molecule has 0 unspecified atom stereocenters. The molecule has 0 aliphatic carbocycles. The van der Waals surface area contributed by atoms with Crippen molar-refractivity contribution in [2.45, 2.75) is 45.7 Å². The zero-order chi connectivity index (χ0) is 14.5. The lowest BCUT2D eigenvalue weighted by molar-refractivity contribution is 0.441. The van der Waals surface area contributed by atoms with E-state index in [4.69, 9.17) is 0 Å². The van der Waals surface area contributed by atoms with E-state index < -0.39 is 10.0 Å². The predicted octanol–water partition coefficient (Wildman–Crippen LogP) is 1.25. The first-order chi connectivity index (χ1) is 8.98. The van der Waals surface area contributed by atoms with Crippen LogP contribution in [0.3, 0.4) is 0 Å². The summed E-state index contributed by atoms with van der Waals surface area (Å²) in [6.07, 6.45) is 1.01. The Morgan fingerprint density at radius 1 is 1.26 bits per heavy atom. The summed E-state index contributed by atoms with van der Waals surface area (Å²) < 4.78 is 26.4. The minimum absolute atomic E-state index is 0.150. The third kappa shape index (κ3) is 3.55. The second-order valence-electron chi connectivity index (χ2n) is 4.40. The molecule has 6 nitrogen and oxygen atoms in total. The van der Waals surface area contributed by atoms with E-state index in [9.17, 15) is 8.42 Å². The molecule has 0 radical (unpaired) electrons. The molecule has 0 atom stereocenters. The molecule has 0 aliphatic heterocycles. The lowest BCUT2D eigenvalue weighted by atomic mass is 10.2. The van der Waals surface area contributed by atoms with Gasteiger partial charge >= 0.3 is 0 Å². The number of aromatic nitrogens is 2. The number of rotatable bonds is 8. The molecule has 0 aromatic carbocycles. The van der Waals surface area contributed by atoms with Crippen molar-refractivity contribution in [3.8, 4) is 0 Å². The first-order valence-corrected chi connectivity index (χ1v) is 8.17. The van der Waals surface area contributed by atoms with Gasteiger partial charge in [-0.25, -0.2) is 8.42 Å². The van der Waals surface area contributed by atoms with E-state index in [0.717, 1.165) is 24.2 Å². The summed E-state index contributed by atoms with van der Waals surface area (Å²) in [5, 5.41) is 10.1. The Balaban J connectivity index is 3.06. The molecular weight excluding hydrogens is 264 g/mol. The monoisotopic (exact) mass is 288 g/mol. The molecule has 1 aromatic rings. The van der Waals surface area contributed by atoms with Crippen LogP contribution in [-0.4, -0.2) is 42.6 Å². The molecule has 0 bridgehead atoms. The molecular formula is C12H24N4O2S. The highest BCUT2D eigenvalue weighted by Crippen LogP contribution is 2.20. The minimum Gasteiger partial charge on any atom is -0.313 e. The van der Waals surface area contributed by atoms with Gasteiger partial charge in [-0.15, -0.1) is 0 Å². The molecule has 1 rings (SSSR count). The maximum atomic E-state index is 12.5. The number of hydrogen-bond acceptors (Lipinski definition) is 4. The largest absolute Gasteiger partial charge is 0.313 e. The molecule has 0 amide bonds. The van der Waals surface area contributed by atoms with Crippen molar-refractivity contribution in [3.63, 3.8) is 0 Å². The molecule has 19 heavy (non-hydrogen) atoms. The van der Waals surface area contributed by atoms with Crippen LogP contribution in [0.4, 0.5) is 0 Å². The van der Waals surface area contributed by atoms with Crippen molar-refractivity contribution in [2.24, 2.45) is 0 Å². The second kappa shape index (κ2) is 7.02. The van der Waals surface area contributed by atoms with Crippen LogP contribution < -0.4 is 5.32 Å². The van der Waals surface area contributed by atoms with Crippen molar-refractivity contribution in [1.29, 1.82) is 0 Å². The van der Waals surface area contributed by atoms with Gasteiger partial charge in [-0.2, -0.15) is 9.40 Å². The van der Waals surface area contributed by atoms with Gasteiger partial charge in [0.15, 0.2) is 5.03 Å². The highest BCUT2D eigenvalue weighted by molar-refractivity contribution is 7.89. The maximum absolute atomic E-state index is 12.5. The van der Waals surface area contributed by atoms with Gasteiger partial charge in [-0.05, 0) is 19.9 Å². The summed E-state index contributed by atoms with van der Waals surface area (Å²) in [6, 6.07) is 0. The van der Waals surface area contributed by atoms with Gasteiger partial charge in [0.2, 0.25) is 0 Å². The first kappa shape index (κ1) is 16.1. The van der Waals surface area contributed by atoms with E-state index in [2.05, 4.69) is 22.4 Å². The maximum Gasteiger partial charge on any atom is 0.262 e. The summed E-state index contributed by atoms with van der Waals surface area (Å²) in [5.74, 6) is 0. The van der Waals surface area contributed by atoms with Crippen molar-refractivity contribution in [3.05, 3.63) is 11.3 Å². The molecule has 110 valence electrons. The summed E-state index contributed by atoms with van der Waals surface area (Å²) >= 11 is 0. The van der Waals surface area contributed by atoms with Gasteiger partial charge in [0.05, 0.1) is 0 Å². The molecule has 0 saturated heterocycles. The minimum atomic E-state index is -3.50. The van der Waals surface area contributed by atoms with Crippen LogP contribution in [0.25, 0.3) is 0 Å². The van der Waals surface area contributed by atoms with Crippen LogP contribution in [0.5, 0.6) is 0 Å². The fraction of sp³-hybridized carbons (Fsp3) is 0.750. The lowest BCUT2D eigenvalue weighted by Gasteiger charge is -2.17. The van der Waals surface area contributed by atoms with Crippen LogP contribution >= 0.6 is 0 Å². The number of H-pyrrole nitrogens is 1. The van der Waals surface area contributed by atoms with Crippen LogP contribution in [-0.2, 0) is 16.6 Å². The highest BCUT2D eigenvalue weighted by Gasteiger charge is 2.28. The van der Waals surface area contributed by atoms with Crippen molar-refractivity contribution in [1.82, 2.24) is 19.8 Å². The topological polar surface area (TPSA) is 78.1 Å². The Morgan fingerprint density at radius 2 is 1.89 bits per heavy atom. The van der Waals surface area contributed by atoms with Crippen LogP contribution in [0.1, 0.15) is 38.4 Å². The Labute approximate surface area is 115 Å². The lowest BCUT2D eigenvalue weighted by Crippen LogP contribution is -2.32. The molecule has 0 aliphatic rings. The fourth-order valence-corrected chi connectivity index (χ4v) is 3.55. The average Bonchev–Trinajstić information content (AvgIpc) is 2.73. The van der Waals surface area contributed by atoms with E-state index in [1.54, 1.807) is 0 Å². The standard InChI is InChI=1S/C12H24N4O2S/c1-5-8-13-9-11-10(4)14-15-12(11)19(17,18)16(6-2)7-3/h13H,5-9H2,1-4H3,(H,14,15). The third-order valence-corrected chi connectivity index (χ3v) is 5.08. The van der Waals surface area contributed by atoms with Gasteiger partial charge in [-0.3, -0.25) is 5.10 Å². The summed E-state index contributed by atoms with van der Waals surface area (Å²) in [4.78, 5) is 0. The van der Waals surface area contributed by atoms with E-state index in [0.29, 0.717) is 19.6 Å². The van der Waals surface area contributed by atoms with Crippen molar-refractivity contribution < 1.29 is 8.42 Å². The number of aryl methyl sites for hydroxylation is 1. The Kier molecular flexibility index (Phi) is 5.96. The SMILES string of the molecule is CCCNCc1c(S(=O)(=O)N(CC)CC)n[nH]c1C. The van der Waals surface area contributed by atoms with Gasteiger partial charge in [0.1, 0.15) is 0 Å². The smallest absolute Gasteiger partial charge is 0.262 e. The summed E-state index contributed by atoms with van der Waals surface area (Å²) in [6.45, 7) is 9.85. The Bertz CT molecular complexity index is 492. The van der Waals surface area contributed by atoms with E-state index >= 15 is 0 Å². The normalized spacial score (nSPS) is 12.3. The van der Waals surface area contributed by atoms with Crippen LogP contribution in [0, 0.1) is 6.92 Å². The predicted molar refractivity (Wildman–Crippen MR) is 75.4 cm³/mol. The van der Waals surface area contributed by atoms with Crippen molar-refractivity contribution in [2.75, 3.05) is 19.6 Å². The summed E-state index contributed by atoms with van der Waals surface area (Å²) in [5.41, 5.74) is 1.54. The van der Waals surface area contributed by atoms with Crippen LogP contribution in [0.2, 0.25) is 0 Å². The van der Waals surface area contributed by atoms with Gasteiger partial charge in [0.25, 0.3) is 10.0 Å². The molecule has 0 spiro atoms. The number of hydrogen-bond donors (Lipinski definition) is 2. The number of nitrogens with one attached hydrogen (secondary N) is 2. The van der Waals surface area contributed by atoms with Crippen molar-refractivity contribution >= 4 is 10.0 Å². The third-order valence-electron chi connectivity index (χ3n) is 3.05. The molecule has 0 fully saturated rings. The average molecular weight is 288 g/mol. The first-order valence-electron chi connectivity index (χ1n) is 6.73. The highest BCUT2D eigenvalue weighted by atomic mass is 32.2. The van der Waals surface area contributed by atoms with E-state index in [1.807, 2.05) is 20.8 Å². The van der Waals surface area contributed by atoms with Gasteiger partial charge in [-0.1, -0.05) is 20.8 Å². The number of nitrogens with zero attached hydrogens (tertiary/aromatic N) is 2. The zero-order valence-electron chi connectivity index (χ0n) is 12.2. The molecule has 1 aromatic heterocycles. The van der Waals surface area contributed by atoms with Gasteiger partial charge < -0.3 is 5.32 Å². The molecule has 2 N–H and O–H groups in total. The Hall–Kier alpha value is -0.920. The summed E-state index contributed by atoms with van der Waals surface area (Å²) in [7, 11) is -3.50. The molecule has 7 heteroatoms. The second-order valence-corrected chi connectivity index (χ2v) is 6.25. The number of sulfonamides is 1. The zero-order valence-corrected chi connectivity index (χ0v) is 13.0. The number of aromatic amines is 1. The molecule has 0 saturated carbocycles. The van der Waals surface area contributed by atoms with Crippen LogP contribution in [0.15, 0.2) is 5.03 Å². The molecule has 1 heterocycles. The quantitative estimate of drug-likeness (QED) is 0.706. The Morgan fingerprint density at radius 3 is 2.42 bits per heavy atom. The van der Waals surface area contributed by atoms with E-state index in [-0.39, 0.29) is 5.03 Å².